The summed E-state index contributed by atoms with van der Waals surface area (Å²) in [5, 5.41) is 0. The molecule has 2 aliphatic heterocycles. The number of anilines is 1. The van der Waals surface area contributed by atoms with Gasteiger partial charge < -0.3 is 9.80 Å². The van der Waals surface area contributed by atoms with Gasteiger partial charge in [-0.25, -0.2) is 9.97 Å². The molecule has 0 spiro atoms. The first-order valence-electron chi connectivity index (χ1n) is 8.22. The van der Waals surface area contributed by atoms with E-state index in [4.69, 9.17) is 0 Å². The van der Waals surface area contributed by atoms with Crippen LogP contribution in [0.5, 0.6) is 0 Å². The molecule has 2 aliphatic rings. The quantitative estimate of drug-likeness (QED) is 0.837. The molecule has 0 bridgehead atoms. The molecule has 1 fully saturated rings. The second-order valence-corrected chi connectivity index (χ2v) is 7.86. The molecular weight excluding hydrogens is 260 g/mol. The average Bonchev–Trinajstić information content (AvgIpc) is 2.83. The lowest BCUT2D eigenvalue weighted by atomic mass is 9.87. The summed E-state index contributed by atoms with van der Waals surface area (Å²) in [4.78, 5) is 14.1. The highest BCUT2D eigenvalue weighted by molar-refractivity contribution is 5.51. The van der Waals surface area contributed by atoms with Gasteiger partial charge in [-0.1, -0.05) is 20.8 Å². The van der Waals surface area contributed by atoms with Crippen molar-refractivity contribution < 1.29 is 0 Å². The fraction of sp³-hybridized carbons (Fsp3) is 0.765. The van der Waals surface area contributed by atoms with Crippen LogP contribution in [-0.2, 0) is 13.0 Å². The highest BCUT2D eigenvalue weighted by Crippen LogP contribution is 2.35. The zero-order chi connectivity index (χ0) is 15.0. The van der Waals surface area contributed by atoms with E-state index in [1.807, 2.05) is 0 Å². The van der Waals surface area contributed by atoms with Crippen molar-refractivity contribution in [3.8, 4) is 0 Å². The first-order valence-corrected chi connectivity index (χ1v) is 8.22. The molecule has 3 heterocycles. The monoisotopic (exact) mass is 288 g/mol. The van der Waals surface area contributed by atoms with Crippen molar-refractivity contribution in [3.05, 3.63) is 17.6 Å². The summed E-state index contributed by atoms with van der Waals surface area (Å²) < 4.78 is 0. The Kier molecular flexibility index (Phi) is 3.91. The van der Waals surface area contributed by atoms with Gasteiger partial charge in [0.05, 0.1) is 5.69 Å². The molecule has 4 heteroatoms. The van der Waals surface area contributed by atoms with E-state index in [1.165, 1.54) is 36.3 Å². The molecule has 1 atom stereocenters. The molecule has 0 unspecified atom stereocenters. The first kappa shape index (κ1) is 14.8. The van der Waals surface area contributed by atoms with E-state index in [-0.39, 0.29) is 0 Å². The van der Waals surface area contributed by atoms with Crippen LogP contribution in [0.4, 0.5) is 5.82 Å². The maximum Gasteiger partial charge on any atom is 0.137 e. The highest BCUT2D eigenvalue weighted by atomic mass is 15.2. The summed E-state index contributed by atoms with van der Waals surface area (Å²) >= 11 is 0. The van der Waals surface area contributed by atoms with Crippen LogP contribution in [0.15, 0.2) is 6.33 Å². The minimum Gasteiger partial charge on any atom is -0.353 e. The Bertz CT molecular complexity index is 506. The van der Waals surface area contributed by atoms with Crippen LogP contribution >= 0.6 is 0 Å². The minimum atomic E-state index is 0.372. The van der Waals surface area contributed by atoms with Gasteiger partial charge in [0.25, 0.3) is 0 Å². The fourth-order valence-electron chi connectivity index (χ4n) is 3.74. The fourth-order valence-corrected chi connectivity index (χ4v) is 3.74. The molecule has 116 valence electrons. The molecule has 1 aromatic rings. The summed E-state index contributed by atoms with van der Waals surface area (Å²) in [6.45, 7) is 10.3. The molecule has 3 rings (SSSR count). The standard InChI is InChI=1S/C17H28N4/c1-17(2,3)10-13-6-5-8-21(13)16-14-11-20(4)9-7-15(14)18-12-19-16/h12-13H,5-11H2,1-4H3/t13-/m0/s1. The van der Waals surface area contributed by atoms with Crippen LogP contribution in [0.1, 0.15) is 51.3 Å². The second kappa shape index (κ2) is 5.56. The van der Waals surface area contributed by atoms with E-state index in [9.17, 15) is 0 Å². The van der Waals surface area contributed by atoms with Gasteiger partial charge in [-0.05, 0) is 31.7 Å². The van der Waals surface area contributed by atoms with Crippen LogP contribution in [0.3, 0.4) is 0 Å². The molecule has 0 N–H and O–H groups in total. The van der Waals surface area contributed by atoms with Gasteiger partial charge in [0, 0.05) is 37.7 Å². The maximum atomic E-state index is 4.68. The number of aromatic nitrogens is 2. The zero-order valence-electron chi connectivity index (χ0n) is 13.9. The van der Waals surface area contributed by atoms with Gasteiger partial charge in [0.2, 0.25) is 0 Å². The van der Waals surface area contributed by atoms with Gasteiger partial charge >= 0.3 is 0 Å². The van der Waals surface area contributed by atoms with Crippen molar-refractivity contribution in [2.24, 2.45) is 5.41 Å². The van der Waals surface area contributed by atoms with Crippen molar-refractivity contribution in [3.63, 3.8) is 0 Å². The Morgan fingerprint density at radius 3 is 2.81 bits per heavy atom. The second-order valence-electron chi connectivity index (χ2n) is 7.86. The summed E-state index contributed by atoms with van der Waals surface area (Å²) in [6.07, 6.45) is 6.65. The van der Waals surface area contributed by atoms with Gasteiger partial charge in [0.15, 0.2) is 0 Å². The number of nitrogens with zero attached hydrogens (tertiary/aromatic N) is 4. The molecule has 0 radical (unpaired) electrons. The molecule has 21 heavy (non-hydrogen) atoms. The lowest BCUT2D eigenvalue weighted by Gasteiger charge is -2.34. The molecule has 0 aliphatic carbocycles. The van der Waals surface area contributed by atoms with E-state index < -0.39 is 0 Å². The predicted molar refractivity (Wildman–Crippen MR) is 86.5 cm³/mol. The molecule has 4 nitrogen and oxygen atoms in total. The largest absolute Gasteiger partial charge is 0.353 e. The van der Waals surface area contributed by atoms with Crippen LogP contribution in [0, 0.1) is 5.41 Å². The molecule has 0 amide bonds. The Morgan fingerprint density at radius 2 is 2.05 bits per heavy atom. The number of likely N-dealkylation sites (N-methyl/N-ethyl adjacent to an activating group) is 1. The summed E-state index contributed by atoms with van der Waals surface area (Å²) in [5.74, 6) is 1.21. The van der Waals surface area contributed by atoms with E-state index in [0.717, 1.165) is 26.1 Å². The Labute approximate surface area is 128 Å². The molecule has 1 saturated heterocycles. The number of fused-ring (bicyclic) bond motifs is 1. The number of hydrogen-bond acceptors (Lipinski definition) is 4. The third-order valence-electron chi connectivity index (χ3n) is 4.67. The van der Waals surface area contributed by atoms with Crippen molar-refractivity contribution in [2.45, 2.75) is 59.0 Å². The van der Waals surface area contributed by atoms with Gasteiger partial charge in [-0.15, -0.1) is 0 Å². The maximum absolute atomic E-state index is 4.68. The highest BCUT2D eigenvalue weighted by Gasteiger charge is 2.32. The average molecular weight is 288 g/mol. The smallest absolute Gasteiger partial charge is 0.137 e. The third kappa shape index (κ3) is 3.20. The number of rotatable bonds is 2. The minimum absolute atomic E-state index is 0.372. The van der Waals surface area contributed by atoms with Crippen LogP contribution in [0.2, 0.25) is 0 Å². The first-order chi connectivity index (χ1) is 9.94. The van der Waals surface area contributed by atoms with Crippen LogP contribution in [0.25, 0.3) is 0 Å². The SMILES string of the molecule is CN1CCc2ncnc(N3CCC[C@H]3CC(C)(C)C)c2C1. The zero-order valence-corrected chi connectivity index (χ0v) is 13.9. The summed E-state index contributed by atoms with van der Waals surface area (Å²) in [7, 11) is 2.19. The van der Waals surface area contributed by atoms with E-state index in [1.54, 1.807) is 6.33 Å². The summed E-state index contributed by atoms with van der Waals surface area (Å²) in [5.41, 5.74) is 3.00. The van der Waals surface area contributed by atoms with Crippen molar-refractivity contribution in [1.29, 1.82) is 0 Å². The van der Waals surface area contributed by atoms with Gasteiger partial charge in [0.1, 0.15) is 12.1 Å². The Hall–Kier alpha value is -1.16. The third-order valence-corrected chi connectivity index (χ3v) is 4.67. The van der Waals surface area contributed by atoms with Crippen LogP contribution in [-0.4, -0.2) is 41.0 Å². The number of hydrogen-bond donors (Lipinski definition) is 0. The van der Waals surface area contributed by atoms with E-state index in [0.29, 0.717) is 11.5 Å². The van der Waals surface area contributed by atoms with Crippen molar-refractivity contribution in [1.82, 2.24) is 14.9 Å². The lowest BCUT2D eigenvalue weighted by Crippen LogP contribution is -2.36. The van der Waals surface area contributed by atoms with Gasteiger partial charge in [-0.3, -0.25) is 0 Å². The molecular formula is C17H28N4. The van der Waals surface area contributed by atoms with E-state index >= 15 is 0 Å². The van der Waals surface area contributed by atoms with E-state index in [2.05, 4.69) is 47.6 Å². The molecule has 1 aromatic heterocycles. The topological polar surface area (TPSA) is 32.3 Å². The molecule has 0 aromatic carbocycles. The molecule has 0 saturated carbocycles. The predicted octanol–water partition coefficient (Wildman–Crippen LogP) is 2.87. The van der Waals surface area contributed by atoms with Crippen molar-refractivity contribution in [2.75, 3.05) is 25.0 Å². The lowest BCUT2D eigenvalue weighted by molar-refractivity contribution is 0.307. The van der Waals surface area contributed by atoms with Gasteiger partial charge in [-0.2, -0.15) is 0 Å². The van der Waals surface area contributed by atoms with Crippen LogP contribution < -0.4 is 4.90 Å². The van der Waals surface area contributed by atoms with Crippen molar-refractivity contribution >= 4 is 5.82 Å². The Morgan fingerprint density at radius 1 is 1.24 bits per heavy atom. The Balaban J connectivity index is 1.89. The normalized spacial score (nSPS) is 23.4. The summed E-state index contributed by atoms with van der Waals surface area (Å²) in [6, 6.07) is 0.635.